The van der Waals surface area contributed by atoms with E-state index in [0.717, 1.165) is 11.3 Å². The molecule has 4 nitrogen and oxygen atoms in total. The normalized spacial score (nSPS) is 10.5. The molecule has 1 aromatic carbocycles. The summed E-state index contributed by atoms with van der Waals surface area (Å²) in [6, 6.07) is 6.69. The maximum absolute atomic E-state index is 10.8. The zero-order valence-corrected chi connectivity index (χ0v) is 11.5. The van der Waals surface area contributed by atoms with E-state index in [0.29, 0.717) is 22.4 Å². The molecule has 0 amide bonds. The first-order valence-electron chi connectivity index (χ1n) is 5.49. The average molecular weight is 300 g/mol. The quantitative estimate of drug-likeness (QED) is 0.888. The maximum atomic E-state index is 10.8. The van der Waals surface area contributed by atoms with Crippen LogP contribution in [0.15, 0.2) is 28.7 Å². The summed E-state index contributed by atoms with van der Waals surface area (Å²) in [5.41, 5.74) is 1.58. The SMILES string of the molecule is Cc1oc(C(=O)O)cc1CNc1ccc(Cl)c(Cl)c1. The highest BCUT2D eigenvalue weighted by Crippen LogP contribution is 2.25. The lowest BCUT2D eigenvalue weighted by Gasteiger charge is -2.06. The van der Waals surface area contributed by atoms with Gasteiger partial charge in [-0.3, -0.25) is 0 Å². The molecule has 2 N–H and O–H groups in total. The summed E-state index contributed by atoms with van der Waals surface area (Å²) in [6.07, 6.45) is 0. The summed E-state index contributed by atoms with van der Waals surface area (Å²) in [5.74, 6) is -0.572. The highest BCUT2D eigenvalue weighted by atomic mass is 35.5. The van der Waals surface area contributed by atoms with E-state index >= 15 is 0 Å². The Labute approximate surface area is 119 Å². The number of rotatable bonds is 4. The smallest absolute Gasteiger partial charge is 0.371 e. The Kier molecular flexibility index (Phi) is 4.02. The van der Waals surface area contributed by atoms with Crippen LogP contribution in [0.25, 0.3) is 0 Å². The number of halogens is 2. The fourth-order valence-corrected chi connectivity index (χ4v) is 1.90. The second-order valence-electron chi connectivity index (χ2n) is 3.98. The van der Waals surface area contributed by atoms with Gasteiger partial charge in [-0.25, -0.2) is 4.79 Å². The van der Waals surface area contributed by atoms with Gasteiger partial charge in [0, 0.05) is 17.8 Å². The standard InChI is InChI=1S/C13H11Cl2NO3/c1-7-8(4-12(19-7)13(17)18)6-16-9-2-3-10(14)11(15)5-9/h2-5,16H,6H2,1H3,(H,17,18). The third-order valence-corrected chi connectivity index (χ3v) is 3.37. The number of carboxylic acids is 1. The fourth-order valence-electron chi connectivity index (χ4n) is 1.60. The van der Waals surface area contributed by atoms with Gasteiger partial charge in [0.1, 0.15) is 5.76 Å². The predicted octanol–water partition coefficient (Wildman–Crippen LogP) is 4.21. The van der Waals surface area contributed by atoms with Crippen molar-refractivity contribution in [2.24, 2.45) is 0 Å². The molecule has 6 heteroatoms. The first kappa shape index (κ1) is 13.8. The molecule has 2 aromatic rings. The molecule has 1 aromatic heterocycles. The Balaban J connectivity index is 2.09. The molecule has 0 aliphatic heterocycles. The van der Waals surface area contributed by atoms with Gasteiger partial charge in [0.25, 0.3) is 0 Å². The van der Waals surface area contributed by atoms with Crippen molar-refractivity contribution in [3.05, 3.63) is 51.4 Å². The van der Waals surface area contributed by atoms with Crippen molar-refractivity contribution in [3.63, 3.8) is 0 Å². The Morgan fingerprint density at radius 1 is 1.32 bits per heavy atom. The molecular weight excluding hydrogens is 289 g/mol. The Morgan fingerprint density at radius 2 is 2.05 bits per heavy atom. The van der Waals surface area contributed by atoms with Crippen molar-refractivity contribution in [1.82, 2.24) is 0 Å². The first-order chi connectivity index (χ1) is 8.97. The van der Waals surface area contributed by atoms with Crippen molar-refractivity contribution in [1.29, 1.82) is 0 Å². The summed E-state index contributed by atoms with van der Waals surface area (Å²) < 4.78 is 5.12. The van der Waals surface area contributed by atoms with Crippen LogP contribution in [0.5, 0.6) is 0 Å². The van der Waals surface area contributed by atoms with Crippen molar-refractivity contribution >= 4 is 34.9 Å². The van der Waals surface area contributed by atoms with Crippen molar-refractivity contribution in [3.8, 4) is 0 Å². The number of carbonyl (C=O) groups is 1. The molecule has 0 bridgehead atoms. The van der Waals surface area contributed by atoms with Gasteiger partial charge in [0.05, 0.1) is 10.0 Å². The zero-order chi connectivity index (χ0) is 14.0. The van der Waals surface area contributed by atoms with Crippen LogP contribution in [0, 0.1) is 6.92 Å². The number of aryl methyl sites for hydroxylation is 1. The van der Waals surface area contributed by atoms with E-state index in [1.54, 1.807) is 25.1 Å². The second-order valence-corrected chi connectivity index (χ2v) is 4.79. The lowest BCUT2D eigenvalue weighted by Crippen LogP contribution is -1.99. The largest absolute Gasteiger partial charge is 0.475 e. The molecule has 0 radical (unpaired) electrons. The van der Waals surface area contributed by atoms with E-state index < -0.39 is 5.97 Å². The summed E-state index contributed by atoms with van der Waals surface area (Å²) in [7, 11) is 0. The van der Waals surface area contributed by atoms with Gasteiger partial charge >= 0.3 is 5.97 Å². The van der Waals surface area contributed by atoms with E-state index in [9.17, 15) is 4.79 Å². The summed E-state index contributed by atoms with van der Waals surface area (Å²) in [6.45, 7) is 2.17. The number of aromatic carboxylic acids is 1. The third-order valence-electron chi connectivity index (χ3n) is 2.63. The monoisotopic (exact) mass is 299 g/mol. The molecule has 0 spiro atoms. The van der Waals surface area contributed by atoms with Crippen LogP contribution in [0.2, 0.25) is 10.0 Å². The van der Waals surface area contributed by atoms with Gasteiger partial charge in [0.15, 0.2) is 0 Å². The van der Waals surface area contributed by atoms with Crippen molar-refractivity contribution < 1.29 is 14.3 Å². The molecule has 0 aliphatic carbocycles. The van der Waals surface area contributed by atoms with Crippen LogP contribution < -0.4 is 5.32 Å². The molecule has 0 atom stereocenters. The molecule has 1 heterocycles. The molecule has 0 saturated carbocycles. The number of furan rings is 1. The van der Waals surface area contributed by atoms with Crippen molar-refractivity contribution in [2.75, 3.05) is 5.32 Å². The number of nitrogens with one attached hydrogen (secondary N) is 1. The van der Waals surface area contributed by atoms with Gasteiger partial charge < -0.3 is 14.8 Å². The molecular formula is C13H11Cl2NO3. The summed E-state index contributed by atoms with van der Waals surface area (Å²) in [5, 5.41) is 12.9. The second kappa shape index (κ2) is 5.55. The molecule has 100 valence electrons. The van der Waals surface area contributed by atoms with E-state index in [4.69, 9.17) is 32.7 Å². The molecule has 2 rings (SSSR count). The van der Waals surface area contributed by atoms with Gasteiger partial charge in [-0.05, 0) is 31.2 Å². The molecule has 0 unspecified atom stereocenters. The number of hydrogen-bond acceptors (Lipinski definition) is 3. The number of anilines is 1. The van der Waals surface area contributed by atoms with Crippen LogP contribution in [0.1, 0.15) is 21.9 Å². The van der Waals surface area contributed by atoms with Crippen LogP contribution >= 0.6 is 23.2 Å². The van der Waals surface area contributed by atoms with Gasteiger partial charge in [0.2, 0.25) is 5.76 Å². The lowest BCUT2D eigenvalue weighted by molar-refractivity contribution is 0.0661. The molecule has 19 heavy (non-hydrogen) atoms. The summed E-state index contributed by atoms with van der Waals surface area (Å²) in [4.78, 5) is 10.8. The highest BCUT2D eigenvalue weighted by molar-refractivity contribution is 6.42. The lowest BCUT2D eigenvalue weighted by atomic mass is 10.2. The topological polar surface area (TPSA) is 62.5 Å². The van der Waals surface area contributed by atoms with E-state index in [1.165, 1.54) is 6.07 Å². The molecule has 0 saturated heterocycles. The maximum Gasteiger partial charge on any atom is 0.371 e. The minimum Gasteiger partial charge on any atom is -0.475 e. The Bertz CT molecular complexity index is 622. The summed E-state index contributed by atoms with van der Waals surface area (Å²) >= 11 is 11.7. The minimum atomic E-state index is -1.08. The first-order valence-corrected chi connectivity index (χ1v) is 6.24. The number of hydrogen-bond donors (Lipinski definition) is 2. The predicted molar refractivity (Wildman–Crippen MR) is 74.2 cm³/mol. The van der Waals surface area contributed by atoms with E-state index in [2.05, 4.69) is 5.32 Å². The van der Waals surface area contributed by atoms with Crippen LogP contribution in [0.4, 0.5) is 5.69 Å². The van der Waals surface area contributed by atoms with Crippen LogP contribution in [-0.4, -0.2) is 11.1 Å². The van der Waals surface area contributed by atoms with Gasteiger partial charge in [-0.2, -0.15) is 0 Å². The number of benzene rings is 1. The fraction of sp³-hybridized carbons (Fsp3) is 0.154. The molecule has 0 fully saturated rings. The van der Waals surface area contributed by atoms with E-state index in [1.807, 2.05) is 0 Å². The highest BCUT2D eigenvalue weighted by Gasteiger charge is 2.12. The molecule has 0 aliphatic rings. The van der Waals surface area contributed by atoms with Crippen molar-refractivity contribution in [2.45, 2.75) is 13.5 Å². The third kappa shape index (κ3) is 3.22. The average Bonchev–Trinajstić information content (AvgIpc) is 2.73. The minimum absolute atomic E-state index is 0.0663. The zero-order valence-electron chi connectivity index (χ0n) is 10.0. The van der Waals surface area contributed by atoms with Gasteiger partial charge in [-0.1, -0.05) is 23.2 Å². The van der Waals surface area contributed by atoms with Crippen LogP contribution in [-0.2, 0) is 6.54 Å². The Morgan fingerprint density at radius 3 is 2.63 bits per heavy atom. The van der Waals surface area contributed by atoms with E-state index in [-0.39, 0.29) is 5.76 Å². The van der Waals surface area contributed by atoms with Gasteiger partial charge in [-0.15, -0.1) is 0 Å². The Hall–Kier alpha value is -1.65. The number of carboxylic acid groups (broad SMARTS) is 1. The van der Waals surface area contributed by atoms with Crippen LogP contribution in [0.3, 0.4) is 0 Å².